The van der Waals surface area contributed by atoms with E-state index in [1.807, 2.05) is 11.8 Å². The molecule has 2 heterocycles. The minimum Gasteiger partial charge on any atom is -0.350 e. The molecule has 5 heteroatoms. The predicted molar refractivity (Wildman–Crippen MR) is 58.4 cm³/mol. The lowest BCUT2D eigenvalue weighted by molar-refractivity contribution is 0.553. The lowest BCUT2D eigenvalue weighted by atomic mass is 10.2. The quantitative estimate of drug-likeness (QED) is 0.849. The van der Waals surface area contributed by atoms with E-state index in [-0.39, 0.29) is 11.9 Å². The average Bonchev–Trinajstić information content (AvgIpc) is 2.75. The zero-order chi connectivity index (χ0) is 11.5. The highest BCUT2D eigenvalue weighted by atomic mass is 19.1. The molecule has 0 spiro atoms. The zero-order valence-electron chi connectivity index (χ0n) is 9.21. The molecule has 2 rings (SSSR count). The van der Waals surface area contributed by atoms with E-state index < -0.39 is 11.6 Å². The van der Waals surface area contributed by atoms with E-state index in [0.717, 1.165) is 31.8 Å². The lowest BCUT2D eigenvalue weighted by Gasteiger charge is -2.28. The Morgan fingerprint density at radius 1 is 1.56 bits per heavy atom. The number of hydrogen-bond donors (Lipinski definition) is 1. The minimum atomic E-state index is -0.637. The first kappa shape index (κ1) is 11.3. The molecular weight excluding hydrogens is 212 g/mol. The van der Waals surface area contributed by atoms with Gasteiger partial charge in [0.15, 0.2) is 11.6 Å². The van der Waals surface area contributed by atoms with Crippen LogP contribution in [0.4, 0.5) is 14.6 Å². The van der Waals surface area contributed by atoms with Gasteiger partial charge in [-0.1, -0.05) is 0 Å². The van der Waals surface area contributed by atoms with Gasteiger partial charge in [0.05, 0.1) is 6.20 Å². The van der Waals surface area contributed by atoms with Crippen molar-refractivity contribution in [3.63, 3.8) is 0 Å². The molecule has 1 aliphatic rings. The van der Waals surface area contributed by atoms with Gasteiger partial charge in [0.2, 0.25) is 0 Å². The molecule has 3 nitrogen and oxygen atoms in total. The van der Waals surface area contributed by atoms with Gasteiger partial charge in [-0.3, -0.25) is 0 Å². The van der Waals surface area contributed by atoms with Crippen molar-refractivity contribution in [3.8, 4) is 0 Å². The monoisotopic (exact) mass is 227 g/mol. The number of rotatable bonds is 3. The summed E-state index contributed by atoms with van der Waals surface area (Å²) >= 11 is 0. The van der Waals surface area contributed by atoms with Gasteiger partial charge in [0, 0.05) is 25.2 Å². The van der Waals surface area contributed by atoms with Crippen molar-refractivity contribution in [3.05, 3.63) is 23.9 Å². The van der Waals surface area contributed by atoms with Crippen molar-refractivity contribution in [2.45, 2.75) is 19.4 Å². The largest absolute Gasteiger partial charge is 0.350 e. The molecule has 1 unspecified atom stereocenters. The topological polar surface area (TPSA) is 28.2 Å². The normalized spacial score (nSPS) is 20.1. The number of nitrogens with zero attached hydrogens (tertiary/aromatic N) is 2. The third-order valence-electron chi connectivity index (χ3n) is 2.88. The van der Waals surface area contributed by atoms with Crippen molar-refractivity contribution in [1.82, 2.24) is 10.3 Å². The van der Waals surface area contributed by atoms with E-state index >= 15 is 0 Å². The maximum atomic E-state index is 13.6. The van der Waals surface area contributed by atoms with Crippen molar-refractivity contribution in [2.75, 3.05) is 24.5 Å². The van der Waals surface area contributed by atoms with Gasteiger partial charge in [-0.25, -0.2) is 13.8 Å². The van der Waals surface area contributed by atoms with Crippen LogP contribution < -0.4 is 10.2 Å². The van der Waals surface area contributed by atoms with Crippen LogP contribution in [0.2, 0.25) is 0 Å². The summed E-state index contributed by atoms with van der Waals surface area (Å²) in [5, 5.41) is 3.22. The molecule has 0 aromatic carbocycles. The Morgan fingerprint density at radius 3 is 2.94 bits per heavy atom. The zero-order valence-corrected chi connectivity index (χ0v) is 9.21. The summed E-state index contributed by atoms with van der Waals surface area (Å²) in [6.07, 6.45) is 2.02. The SMILES string of the molecule is CCN(c1ncc(F)cc1F)C1CCNC1. The van der Waals surface area contributed by atoms with E-state index in [1.54, 1.807) is 0 Å². The van der Waals surface area contributed by atoms with Gasteiger partial charge in [-0.15, -0.1) is 0 Å². The molecule has 1 N–H and O–H groups in total. The Kier molecular flexibility index (Phi) is 3.33. The van der Waals surface area contributed by atoms with Gasteiger partial charge in [-0.05, 0) is 19.9 Å². The first-order chi connectivity index (χ1) is 7.72. The number of halogens is 2. The van der Waals surface area contributed by atoms with E-state index in [0.29, 0.717) is 6.54 Å². The van der Waals surface area contributed by atoms with E-state index in [2.05, 4.69) is 10.3 Å². The maximum absolute atomic E-state index is 13.6. The Balaban J connectivity index is 2.25. The fourth-order valence-electron chi connectivity index (χ4n) is 2.11. The van der Waals surface area contributed by atoms with Gasteiger partial charge in [-0.2, -0.15) is 0 Å². The molecular formula is C11H15F2N3. The standard InChI is InChI=1S/C11H15F2N3/c1-2-16(9-3-4-14-7-9)11-10(13)5-8(12)6-15-11/h5-6,9,14H,2-4,7H2,1H3. The van der Waals surface area contributed by atoms with E-state index in [1.165, 1.54) is 0 Å². The summed E-state index contributed by atoms with van der Waals surface area (Å²) in [5.41, 5.74) is 0. The first-order valence-corrected chi connectivity index (χ1v) is 5.50. The molecule has 1 aromatic rings. The van der Waals surface area contributed by atoms with Crippen molar-refractivity contribution in [2.24, 2.45) is 0 Å². The number of hydrogen-bond acceptors (Lipinski definition) is 3. The second kappa shape index (κ2) is 4.74. The Bertz CT molecular complexity index is 364. The fraction of sp³-hybridized carbons (Fsp3) is 0.545. The van der Waals surface area contributed by atoms with Gasteiger partial charge in [0.1, 0.15) is 5.82 Å². The molecule has 0 bridgehead atoms. The number of anilines is 1. The molecule has 0 amide bonds. The Morgan fingerprint density at radius 2 is 2.38 bits per heavy atom. The molecule has 1 aliphatic heterocycles. The molecule has 16 heavy (non-hydrogen) atoms. The molecule has 0 radical (unpaired) electrons. The number of pyridine rings is 1. The molecule has 0 saturated carbocycles. The maximum Gasteiger partial charge on any atom is 0.168 e. The molecule has 1 atom stereocenters. The Hall–Kier alpha value is -1.23. The summed E-state index contributed by atoms with van der Waals surface area (Å²) in [6, 6.07) is 1.13. The molecule has 0 aliphatic carbocycles. The third-order valence-corrected chi connectivity index (χ3v) is 2.88. The van der Waals surface area contributed by atoms with Crippen LogP contribution in [-0.2, 0) is 0 Å². The lowest BCUT2D eigenvalue weighted by Crippen LogP contribution is -2.38. The van der Waals surface area contributed by atoms with Gasteiger partial charge >= 0.3 is 0 Å². The predicted octanol–water partition coefficient (Wildman–Crippen LogP) is 1.55. The first-order valence-electron chi connectivity index (χ1n) is 5.50. The minimum absolute atomic E-state index is 0.248. The van der Waals surface area contributed by atoms with Crippen molar-refractivity contribution < 1.29 is 8.78 Å². The molecule has 1 saturated heterocycles. The highest BCUT2D eigenvalue weighted by molar-refractivity contribution is 5.41. The van der Waals surface area contributed by atoms with Gasteiger partial charge in [0.25, 0.3) is 0 Å². The van der Waals surface area contributed by atoms with Crippen molar-refractivity contribution in [1.29, 1.82) is 0 Å². The van der Waals surface area contributed by atoms with Crippen molar-refractivity contribution >= 4 is 5.82 Å². The molecule has 88 valence electrons. The summed E-state index contributed by atoms with van der Waals surface area (Å²) in [5.74, 6) is -0.979. The summed E-state index contributed by atoms with van der Waals surface area (Å²) in [4.78, 5) is 5.73. The Labute approximate surface area is 93.5 Å². The van der Waals surface area contributed by atoms with Crippen LogP contribution in [0.1, 0.15) is 13.3 Å². The molecule has 1 aromatic heterocycles. The smallest absolute Gasteiger partial charge is 0.168 e. The molecule has 1 fully saturated rings. The van der Waals surface area contributed by atoms with Crippen LogP contribution in [0.15, 0.2) is 12.3 Å². The average molecular weight is 227 g/mol. The van der Waals surface area contributed by atoms with Crippen LogP contribution in [0, 0.1) is 11.6 Å². The highest BCUT2D eigenvalue weighted by Crippen LogP contribution is 2.21. The third kappa shape index (κ3) is 2.14. The summed E-state index contributed by atoms with van der Waals surface area (Å²) in [6.45, 7) is 4.38. The van der Waals surface area contributed by atoms with E-state index in [9.17, 15) is 8.78 Å². The number of likely N-dealkylation sites (N-methyl/N-ethyl adjacent to an activating group) is 1. The number of aromatic nitrogens is 1. The van der Waals surface area contributed by atoms with E-state index in [4.69, 9.17) is 0 Å². The second-order valence-electron chi connectivity index (χ2n) is 3.89. The van der Waals surface area contributed by atoms with Gasteiger partial charge < -0.3 is 10.2 Å². The van der Waals surface area contributed by atoms with Crippen LogP contribution >= 0.6 is 0 Å². The summed E-state index contributed by atoms with van der Waals surface area (Å²) in [7, 11) is 0. The fourth-order valence-corrected chi connectivity index (χ4v) is 2.11. The van der Waals surface area contributed by atoms with Crippen LogP contribution in [0.5, 0.6) is 0 Å². The van der Waals surface area contributed by atoms with Crippen LogP contribution in [-0.4, -0.2) is 30.7 Å². The van der Waals surface area contributed by atoms with Crippen LogP contribution in [0.25, 0.3) is 0 Å². The van der Waals surface area contributed by atoms with Crippen LogP contribution in [0.3, 0.4) is 0 Å². The highest BCUT2D eigenvalue weighted by Gasteiger charge is 2.24. The summed E-state index contributed by atoms with van der Waals surface area (Å²) < 4.78 is 26.3. The second-order valence-corrected chi connectivity index (χ2v) is 3.89. The number of nitrogens with one attached hydrogen (secondary N) is 1.